The van der Waals surface area contributed by atoms with E-state index in [1.54, 1.807) is 4.68 Å². The first-order chi connectivity index (χ1) is 18.8. The summed E-state index contributed by atoms with van der Waals surface area (Å²) in [5.41, 5.74) is 3.56. The molecule has 0 aliphatic carbocycles. The average Bonchev–Trinajstić information content (AvgIpc) is 3.52. The zero-order chi connectivity index (χ0) is 27.4. The Morgan fingerprint density at radius 1 is 1.10 bits per heavy atom. The fourth-order valence-corrected chi connectivity index (χ4v) is 5.59. The van der Waals surface area contributed by atoms with E-state index in [2.05, 4.69) is 31.1 Å². The highest BCUT2D eigenvalue weighted by atomic mass is 16.2. The molecule has 206 valence electrons. The number of hydrogen-bond acceptors (Lipinski definition) is 6. The molecule has 0 radical (unpaired) electrons. The van der Waals surface area contributed by atoms with Crippen molar-refractivity contribution in [3.8, 4) is 0 Å². The van der Waals surface area contributed by atoms with Crippen molar-refractivity contribution in [3.63, 3.8) is 0 Å². The summed E-state index contributed by atoms with van der Waals surface area (Å²) in [5.74, 6) is -0.353. The van der Waals surface area contributed by atoms with E-state index in [0.29, 0.717) is 58.3 Å². The molecule has 5 rings (SSSR count). The minimum Gasteiger partial charge on any atom is -0.354 e. The van der Waals surface area contributed by atoms with Crippen molar-refractivity contribution < 1.29 is 14.4 Å². The van der Waals surface area contributed by atoms with Crippen LogP contribution in [0.2, 0.25) is 0 Å². The number of rotatable bonds is 4. The summed E-state index contributed by atoms with van der Waals surface area (Å²) in [4.78, 5) is 42.2. The van der Waals surface area contributed by atoms with Crippen molar-refractivity contribution in [2.75, 3.05) is 19.6 Å². The van der Waals surface area contributed by atoms with Gasteiger partial charge in [0.05, 0.1) is 23.2 Å². The lowest BCUT2D eigenvalue weighted by Crippen LogP contribution is -2.56. The molecule has 11 nitrogen and oxygen atoms in total. The van der Waals surface area contributed by atoms with Gasteiger partial charge in [-0.15, -0.1) is 5.10 Å². The molecular weight excluding hydrogens is 496 g/mol. The van der Waals surface area contributed by atoms with Gasteiger partial charge in [0.25, 0.3) is 0 Å². The summed E-state index contributed by atoms with van der Waals surface area (Å²) in [6, 6.07) is 9.01. The van der Waals surface area contributed by atoms with Gasteiger partial charge in [0.15, 0.2) is 0 Å². The molecular formula is C28H36N8O3. The Morgan fingerprint density at radius 2 is 1.87 bits per heavy atom. The SMILES string of the molecule is Cc1n[nH]c(C)c1CC(=O)N1CCC2(CC1)Cc1cn(nn1)CCCNC(=O)[C@H](Cc1ccccc1)NC2=O. The fraction of sp³-hybridized carbons (Fsp3) is 0.500. The summed E-state index contributed by atoms with van der Waals surface area (Å²) in [6.07, 6.45) is 4.62. The van der Waals surface area contributed by atoms with Gasteiger partial charge in [-0.2, -0.15) is 5.10 Å². The second-order valence-corrected chi connectivity index (χ2v) is 10.8. The van der Waals surface area contributed by atoms with Gasteiger partial charge in [-0.3, -0.25) is 24.2 Å². The second kappa shape index (κ2) is 11.4. The lowest BCUT2D eigenvalue weighted by Gasteiger charge is -2.41. The lowest BCUT2D eigenvalue weighted by molar-refractivity contribution is -0.141. The van der Waals surface area contributed by atoms with Crippen molar-refractivity contribution in [3.05, 3.63) is 64.7 Å². The number of aromatic nitrogens is 5. The van der Waals surface area contributed by atoms with Crippen molar-refractivity contribution in [2.24, 2.45) is 5.41 Å². The zero-order valence-corrected chi connectivity index (χ0v) is 22.6. The number of hydrogen-bond donors (Lipinski definition) is 3. The van der Waals surface area contributed by atoms with Crippen LogP contribution in [0.1, 0.15) is 47.5 Å². The standard InChI is InChI=1S/C28H36N8O3/c1-19-23(20(2)32-31-19)16-25(37)35-13-9-28(10-14-35)17-22-18-36(34-33-22)12-6-11-29-26(38)24(30-27(28)39)15-21-7-4-3-5-8-21/h3-5,7-8,18,24H,6,9-17H2,1-2H3,(H,29,38)(H,30,39)(H,31,32)/t24-/m0/s1. The Morgan fingerprint density at radius 3 is 2.59 bits per heavy atom. The molecule has 3 N–H and O–H groups in total. The average molecular weight is 533 g/mol. The second-order valence-electron chi connectivity index (χ2n) is 10.8. The van der Waals surface area contributed by atoms with E-state index >= 15 is 0 Å². The molecule has 3 aromatic rings. The van der Waals surface area contributed by atoms with Crippen LogP contribution in [0.4, 0.5) is 0 Å². The van der Waals surface area contributed by atoms with Gasteiger partial charge in [0, 0.05) is 56.5 Å². The highest BCUT2D eigenvalue weighted by molar-refractivity contribution is 5.91. The van der Waals surface area contributed by atoms with E-state index in [1.165, 1.54) is 0 Å². The highest BCUT2D eigenvalue weighted by Crippen LogP contribution is 2.36. The van der Waals surface area contributed by atoms with Crippen LogP contribution in [0, 0.1) is 19.3 Å². The number of carbonyl (C=O) groups is 3. The first-order valence-electron chi connectivity index (χ1n) is 13.6. The third-order valence-electron chi connectivity index (χ3n) is 8.04. The highest BCUT2D eigenvalue weighted by Gasteiger charge is 2.44. The molecule has 1 aromatic carbocycles. The molecule has 1 atom stereocenters. The Balaban J connectivity index is 1.36. The third kappa shape index (κ3) is 6.02. The Hall–Kier alpha value is -4.02. The maximum Gasteiger partial charge on any atom is 0.242 e. The van der Waals surface area contributed by atoms with Gasteiger partial charge in [0.2, 0.25) is 17.7 Å². The molecule has 3 amide bonds. The Labute approximate surface area is 227 Å². The predicted molar refractivity (Wildman–Crippen MR) is 143 cm³/mol. The molecule has 1 fully saturated rings. The third-order valence-corrected chi connectivity index (χ3v) is 8.04. The monoisotopic (exact) mass is 532 g/mol. The van der Waals surface area contributed by atoms with Crippen molar-refractivity contribution in [2.45, 2.75) is 65.0 Å². The van der Waals surface area contributed by atoms with Crippen LogP contribution >= 0.6 is 0 Å². The number of carbonyl (C=O) groups excluding carboxylic acids is 3. The quantitative estimate of drug-likeness (QED) is 0.463. The maximum atomic E-state index is 14.0. The van der Waals surface area contributed by atoms with E-state index in [-0.39, 0.29) is 24.1 Å². The van der Waals surface area contributed by atoms with E-state index in [4.69, 9.17) is 0 Å². The summed E-state index contributed by atoms with van der Waals surface area (Å²) >= 11 is 0. The van der Waals surface area contributed by atoms with Gasteiger partial charge in [-0.1, -0.05) is 35.5 Å². The number of nitrogens with one attached hydrogen (secondary N) is 3. The smallest absolute Gasteiger partial charge is 0.242 e. The van der Waals surface area contributed by atoms with E-state index in [9.17, 15) is 14.4 Å². The van der Waals surface area contributed by atoms with E-state index in [1.807, 2.05) is 55.3 Å². The van der Waals surface area contributed by atoms with Crippen LogP contribution in [0.5, 0.6) is 0 Å². The van der Waals surface area contributed by atoms with Crippen molar-refractivity contribution >= 4 is 17.7 Å². The Kier molecular flexibility index (Phi) is 7.76. The number of fused-ring (bicyclic) bond motifs is 2. The maximum absolute atomic E-state index is 14.0. The van der Waals surface area contributed by atoms with Gasteiger partial charge in [0.1, 0.15) is 6.04 Å². The van der Waals surface area contributed by atoms with Crippen LogP contribution in [-0.2, 0) is 40.2 Å². The molecule has 2 aromatic heterocycles. The lowest BCUT2D eigenvalue weighted by atomic mass is 9.73. The predicted octanol–water partition coefficient (Wildman–Crippen LogP) is 1.26. The molecule has 2 aliphatic heterocycles. The summed E-state index contributed by atoms with van der Waals surface area (Å²) < 4.78 is 1.76. The fourth-order valence-electron chi connectivity index (χ4n) is 5.59. The van der Waals surface area contributed by atoms with Gasteiger partial charge in [-0.25, -0.2) is 0 Å². The first-order valence-corrected chi connectivity index (χ1v) is 13.6. The number of piperidine rings is 1. The summed E-state index contributed by atoms with van der Waals surface area (Å²) in [7, 11) is 0. The number of nitrogens with zero attached hydrogens (tertiary/aromatic N) is 5. The number of H-pyrrole nitrogens is 1. The first kappa shape index (κ1) is 26.6. The topological polar surface area (TPSA) is 138 Å². The normalized spacial score (nSPS) is 19.9. The summed E-state index contributed by atoms with van der Waals surface area (Å²) in [5, 5.41) is 21.8. The summed E-state index contributed by atoms with van der Waals surface area (Å²) in [6.45, 7) is 5.81. The van der Waals surface area contributed by atoms with Crippen LogP contribution in [0.15, 0.2) is 36.5 Å². The molecule has 1 saturated heterocycles. The van der Waals surface area contributed by atoms with Crippen molar-refractivity contribution in [1.82, 2.24) is 40.7 Å². The van der Waals surface area contributed by atoms with Crippen LogP contribution in [0.25, 0.3) is 0 Å². The molecule has 39 heavy (non-hydrogen) atoms. The molecule has 0 unspecified atom stereocenters. The van der Waals surface area contributed by atoms with Gasteiger partial charge < -0.3 is 15.5 Å². The number of aromatic amines is 1. The molecule has 4 heterocycles. The number of likely N-dealkylation sites (tertiary alicyclic amines) is 1. The van der Waals surface area contributed by atoms with E-state index in [0.717, 1.165) is 28.2 Å². The van der Waals surface area contributed by atoms with Gasteiger partial charge >= 0.3 is 0 Å². The molecule has 0 saturated carbocycles. The molecule has 11 heteroatoms. The van der Waals surface area contributed by atoms with Crippen molar-refractivity contribution in [1.29, 1.82) is 0 Å². The zero-order valence-electron chi connectivity index (χ0n) is 22.6. The largest absolute Gasteiger partial charge is 0.354 e. The molecule has 2 bridgehead atoms. The molecule has 1 spiro atoms. The van der Waals surface area contributed by atoms with E-state index < -0.39 is 11.5 Å². The van der Waals surface area contributed by atoms with Crippen LogP contribution < -0.4 is 10.6 Å². The number of aryl methyl sites for hydroxylation is 3. The molecule has 2 aliphatic rings. The number of benzene rings is 1. The minimum absolute atomic E-state index is 0.0229. The van der Waals surface area contributed by atoms with Gasteiger partial charge in [-0.05, 0) is 38.7 Å². The minimum atomic E-state index is -0.803. The Bertz CT molecular complexity index is 1300. The number of amides is 3. The van der Waals surface area contributed by atoms with Crippen LogP contribution in [-0.4, -0.2) is 73.5 Å². The van der Waals surface area contributed by atoms with Crippen LogP contribution in [0.3, 0.4) is 0 Å².